The van der Waals surface area contributed by atoms with Gasteiger partial charge >= 0.3 is 6.03 Å². The second kappa shape index (κ2) is 3.48. The molecule has 1 unspecified atom stereocenters. The zero-order valence-electron chi connectivity index (χ0n) is 7.62. The second-order valence-electron chi connectivity index (χ2n) is 3.09. The molecule has 2 amide bonds. The number of urea groups is 1. The first kappa shape index (κ1) is 9.30. The highest BCUT2D eigenvalue weighted by Crippen LogP contribution is 2.22. The lowest BCUT2D eigenvalue weighted by Crippen LogP contribution is -2.30. The van der Waals surface area contributed by atoms with Gasteiger partial charge in [0.2, 0.25) is 0 Å². The van der Waals surface area contributed by atoms with Crippen LogP contribution < -0.4 is 10.7 Å². The van der Waals surface area contributed by atoms with Crippen molar-refractivity contribution >= 4 is 17.6 Å². The van der Waals surface area contributed by atoms with Gasteiger partial charge in [0.25, 0.3) is 0 Å². The normalized spacial score (nSPS) is 21.1. The molecule has 2 N–H and O–H groups in total. The van der Waals surface area contributed by atoms with Crippen molar-refractivity contribution in [3.63, 3.8) is 0 Å². The van der Waals surface area contributed by atoms with Crippen molar-refractivity contribution in [2.75, 3.05) is 7.05 Å². The van der Waals surface area contributed by atoms with Crippen LogP contribution in [0, 0.1) is 0 Å². The first-order valence-electron chi connectivity index (χ1n) is 4.23. The minimum atomic E-state index is -0.235. The summed E-state index contributed by atoms with van der Waals surface area (Å²) >= 11 is 5.99. The van der Waals surface area contributed by atoms with Crippen molar-refractivity contribution in [1.29, 1.82) is 0 Å². The van der Waals surface area contributed by atoms with Crippen molar-refractivity contribution < 1.29 is 4.79 Å². The first-order chi connectivity index (χ1) is 6.68. The van der Waals surface area contributed by atoms with Gasteiger partial charge in [0.1, 0.15) is 6.17 Å². The molecule has 0 aliphatic carbocycles. The van der Waals surface area contributed by atoms with Crippen LogP contribution in [0.1, 0.15) is 11.7 Å². The van der Waals surface area contributed by atoms with Crippen LogP contribution in [0.3, 0.4) is 0 Å². The number of nitrogens with zero attached hydrogens (tertiary/aromatic N) is 1. The standard InChI is InChI=1S/C9H10ClN3O/c1-13-9(14)11-8(12-13)6-4-2-3-5-7(6)10/h2-5,8,12H,1H3,(H,11,14). The van der Waals surface area contributed by atoms with Crippen molar-refractivity contribution in [1.82, 2.24) is 15.8 Å². The Kier molecular flexibility index (Phi) is 2.31. The van der Waals surface area contributed by atoms with Gasteiger partial charge in [-0.1, -0.05) is 29.8 Å². The third kappa shape index (κ3) is 1.54. The van der Waals surface area contributed by atoms with Gasteiger partial charge in [-0.25, -0.2) is 10.2 Å². The summed E-state index contributed by atoms with van der Waals surface area (Å²) in [5, 5.41) is 4.79. The highest BCUT2D eigenvalue weighted by molar-refractivity contribution is 6.31. The van der Waals surface area contributed by atoms with E-state index in [1.165, 1.54) is 5.01 Å². The van der Waals surface area contributed by atoms with Crippen molar-refractivity contribution in [3.05, 3.63) is 34.9 Å². The Labute approximate surface area is 86.8 Å². The number of hydrogen-bond acceptors (Lipinski definition) is 2. The van der Waals surface area contributed by atoms with Gasteiger partial charge < -0.3 is 5.32 Å². The molecule has 74 valence electrons. The summed E-state index contributed by atoms with van der Waals surface area (Å²) in [5.74, 6) is 0. The van der Waals surface area contributed by atoms with Gasteiger partial charge in [-0.15, -0.1) is 0 Å². The van der Waals surface area contributed by atoms with E-state index in [9.17, 15) is 4.79 Å². The summed E-state index contributed by atoms with van der Waals surface area (Å²) in [7, 11) is 1.66. The number of carbonyl (C=O) groups excluding carboxylic acids is 1. The number of amides is 2. The smallest absolute Gasteiger partial charge is 0.316 e. The van der Waals surface area contributed by atoms with Crippen LogP contribution in [-0.2, 0) is 0 Å². The Balaban J connectivity index is 2.25. The molecule has 1 fully saturated rings. The van der Waals surface area contributed by atoms with Crippen molar-refractivity contribution in [2.24, 2.45) is 0 Å². The predicted octanol–water partition coefficient (Wildman–Crippen LogP) is 1.50. The fourth-order valence-corrected chi connectivity index (χ4v) is 1.61. The molecule has 1 atom stereocenters. The quantitative estimate of drug-likeness (QED) is 0.740. The van der Waals surface area contributed by atoms with Crippen LogP contribution in [0.2, 0.25) is 5.02 Å². The molecule has 2 rings (SSSR count). The lowest BCUT2D eigenvalue weighted by molar-refractivity contribution is 0.213. The topological polar surface area (TPSA) is 44.4 Å². The highest BCUT2D eigenvalue weighted by Gasteiger charge is 2.27. The molecule has 0 bridgehead atoms. The molecule has 1 aliphatic rings. The summed E-state index contributed by atoms with van der Waals surface area (Å²) in [6, 6.07) is 7.25. The monoisotopic (exact) mass is 211 g/mol. The number of hydrazine groups is 1. The van der Waals surface area contributed by atoms with Crippen LogP contribution in [0.15, 0.2) is 24.3 Å². The maximum atomic E-state index is 11.2. The Morgan fingerprint density at radius 1 is 1.43 bits per heavy atom. The molecule has 14 heavy (non-hydrogen) atoms. The van der Waals surface area contributed by atoms with Gasteiger partial charge in [0, 0.05) is 17.6 Å². The molecule has 0 aromatic heterocycles. The number of nitrogens with one attached hydrogen (secondary N) is 2. The summed E-state index contributed by atoms with van der Waals surface area (Å²) in [6.07, 6.45) is -0.235. The molecule has 0 saturated carbocycles. The molecule has 1 aliphatic heterocycles. The van der Waals surface area contributed by atoms with Gasteiger partial charge in [0.05, 0.1) is 0 Å². The molecule has 1 saturated heterocycles. The molecule has 1 aromatic rings. The first-order valence-corrected chi connectivity index (χ1v) is 4.61. The van der Waals surface area contributed by atoms with Crippen LogP contribution in [0.4, 0.5) is 4.79 Å². The zero-order valence-corrected chi connectivity index (χ0v) is 8.38. The van der Waals surface area contributed by atoms with E-state index in [2.05, 4.69) is 10.7 Å². The van der Waals surface area contributed by atoms with E-state index in [0.29, 0.717) is 5.02 Å². The fourth-order valence-electron chi connectivity index (χ4n) is 1.36. The van der Waals surface area contributed by atoms with Gasteiger partial charge in [-0.05, 0) is 6.07 Å². The SMILES string of the molecule is CN1NC(c2ccccc2Cl)NC1=O. The largest absolute Gasteiger partial charge is 0.333 e. The highest BCUT2D eigenvalue weighted by atomic mass is 35.5. The van der Waals surface area contributed by atoms with E-state index in [1.807, 2.05) is 18.2 Å². The van der Waals surface area contributed by atoms with Crippen molar-refractivity contribution in [2.45, 2.75) is 6.17 Å². The van der Waals surface area contributed by atoms with E-state index in [0.717, 1.165) is 5.56 Å². The fraction of sp³-hybridized carbons (Fsp3) is 0.222. The Hall–Kier alpha value is -1.26. The minimum absolute atomic E-state index is 0.157. The third-order valence-electron chi connectivity index (χ3n) is 2.11. The van der Waals surface area contributed by atoms with Crippen LogP contribution >= 0.6 is 11.6 Å². The molecular weight excluding hydrogens is 202 g/mol. The summed E-state index contributed by atoms with van der Waals surface area (Å²) in [4.78, 5) is 11.2. The van der Waals surface area contributed by atoms with Crippen molar-refractivity contribution in [3.8, 4) is 0 Å². The maximum absolute atomic E-state index is 11.2. The average molecular weight is 212 g/mol. The van der Waals surface area contributed by atoms with E-state index in [1.54, 1.807) is 13.1 Å². The van der Waals surface area contributed by atoms with Crippen LogP contribution in [-0.4, -0.2) is 18.1 Å². The summed E-state index contributed by atoms with van der Waals surface area (Å²) in [5.41, 5.74) is 3.82. The Bertz CT molecular complexity index is 369. The predicted molar refractivity (Wildman–Crippen MR) is 53.6 cm³/mol. The Morgan fingerprint density at radius 2 is 2.14 bits per heavy atom. The summed E-state index contributed by atoms with van der Waals surface area (Å²) in [6.45, 7) is 0. The number of benzene rings is 1. The molecule has 1 heterocycles. The van der Waals surface area contributed by atoms with Gasteiger partial charge in [-0.2, -0.15) is 0 Å². The molecule has 1 aromatic carbocycles. The minimum Gasteiger partial charge on any atom is -0.316 e. The van der Waals surface area contributed by atoms with E-state index in [-0.39, 0.29) is 12.2 Å². The summed E-state index contributed by atoms with van der Waals surface area (Å²) < 4.78 is 0. The molecule has 4 nitrogen and oxygen atoms in total. The van der Waals surface area contributed by atoms with E-state index >= 15 is 0 Å². The lowest BCUT2D eigenvalue weighted by atomic mass is 10.2. The third-order valence-corrected chi connectivity index (χ3v) is 2.46. The van der Waals surface area contributed by atoms with Crippen LogP contribution in [0.5, 0.6) is 0 Å². The number of carbonyl (C=O) groups is 1. The van der Waals surface area contributed by atoms with E-state index < -0.39 is 0 Å². The molecular formula is C9H10ClN3O. The average Bonchev–Trinajstić information content (AvgIpc) is 2.48. The molecule has 0 spiro atoms. The van der Waals surface area contributed by atoms with Crippen LogP contribution in [0.25, 0.3) is 0 Å². The van der Waals surface area contributed by atoms with E-state index in [4.69, 9.17) is 11.6 Å². The molecule has 0 radical (unpaired) electrons. The lowest BCUT2D eigenvalue weighted by Gasteiger charge is -2.12. The second-order valence-corrected chi connectivity index (χ2v) is 3.50. The number of rotatable bonds is 1. The Morgan fingerprint density at radius 3 is 2.71 bits per heavy atom. The molecule has 5 heteroatoms. The number of halogens is 1. The maximum Gasteiger partial charge on any atom is 0.333 e. The zero-order chi connectivity index (χ0) is 10.1. The van der Waals surface area contributed by atoms with Gasteiger partial charge in [-0.3, -0.25) is 5.01 Å². The number of hydrogen-bond donors (Lipinski definition) is 2. The van der Waals surface area contributed by atoms with Gasteiger partial charge in [0.15, 0.2) is 0 Å².